The Morgan fingerprint density at radius 3 is 2.65 bits per heavy atom. The van der Waals surface area contributed by atoms with Gasteiger partial charge in [0.25, 0.3) is 0 Å². The fourth-order valence-corrected chi connectivity index (χ4v) is 3.66. The molecule has 0 unspecified atom stereocenters. The van der Waals surface area contributed by atoms with Crippen LogP contribution in [0.4, 0.5) is 0 Å². The molecular formula is C17H20O3. The van der Waals surface area contributed by atoms with E-state index in [2.05, 4.69) is 38.1 Å². The van der Waals surface area contributed by atoms with Crippen molar-refractivity contribution in [2.24, 2.45) is 0 Å². The SMILES string of the molecule is CC1=C[C@@H]2OC3(CCCC3)OO[C@]2(C)c2ccccc21. The Morgan fingerprint density at radius 2 is 1.85 bits per heavy atom. The van der Waals surface area contributed by atoms with Gasteiger partial charge in [-0.25, -0.2) is 9.78 Å². The standard InChI is InChI=1S/C17H20O3/c1-12-11-15-16(2,14-8-4-3-7-13(12)14)19-20-17(18-15)9-5-6-10-17/h3-4,7-8,11,15H,5-6,9-10H2,1-2H3/t15-,16+/m0/s1. The van der Waals surface area contributed by atoms with Crippen molar-refractivity contribution in [1.29, 1.82) is 0 Å². The predicted molar refractivity (Wildman–Crippen MR) is 75.7 cm³/mol. The molecule has 3 aliphatic rings. The first-order valence-corrected chi connectivity index (χ1v) is 7.46. The van der Waals surface area contributed by atoms with Crippen LogP contribution in [-0.2, 0) is 20.1 Å². The first-order valence-electron chi connectivity index (χ1n) is 7.46. The molecule has 1 saturated carbocycles. The number of allylic oxidation sites excluding steroid dienone is 1. The van der Waals surface area contributed by atoms with Crippen LogP contribution in [0, 0.1) is 0 Å². The van der Waals surface area contributed by atoms with Gasteiger partial charge in [-0.15, -0.1) is 0 Å². The Labute approximate surface area is 119 Å². The van der Waals surface area contributed by atoms with Crippen LogP contribution >= 0.6 is 0 Å². The first-order chi connectivity index (χ1) is 9.63. The Kier molecular flexibility index (Phi) is 2.62. The highest BCUT2D eigenvalue weighted by Gasteiger charge is 2.53. The summed E-state index contributed by atoms with van der Waals surface area (Å²) in [5, 5.41) is 0. The molecule has 2 atom stereocenters. The van der Waals surface area contributed by atoms with Crippen LogP contribution in [0.5, 0.6) is 0 Å². The lowest BCUT2D eigenvalue weighted by Crippen LogP contribution is -2.54. The highest BCUT2D eigenvalue weighted by atomic mass is 17.2. The van der Waals surface area contributed by atoms with Crippen molar-refractivity contribution in [3.63, 3.8) is 0 Å². The fourth-order valence-electron chi connectivity index (χ4n) is 3.66. The summed E-state index contributed by atoms with van der Waals surface area (Å²) in [7, 11) is 0. The van der Waals surface area contributed by atoms with Crippen LogP contribution in [0.1, 0.15) is 50.7 Å². The van der Waals surface area contributed by atoms with Crippen LogP contribution in [-0.4, -0.2) is 11.9 Å². The van der Waals surface area contributed by atoms with Crippen molar-refractivity contribution in [2.45, 2.75) is 57.0 Å². The summed E-state index contributed by atoms with van der Waals surface area (Å²) in [6.07, 6.45) is 6.25. The molecule has 1 aromatic rings. The summed E-state index contributed by atoms with van der Waals surface area (Å²) in [6, 6.07) is 8.34. The van der Waals surface area contributed by atoms with Crippen LogP contribution in [0.3, 0.4) is 0 Å². The molecule has 0 bridgehead atoms. The second-order valence-electron chi connectivity index (χ2n) is 6.33. The third-order valence-corrected chi connectivity index (χ3v) is 4.90. The topological polar surface area (TPSA) is 27.7 Å². The van der Waals surface area contributed by atoms with Gasteiger partial charge < -0.3 is 4.74 Å². The molecule has 1 aliphatic heterocycles. The Bertz CT molecular complexity index is 571. The summed E-state index contributed by atoms with van der Waals surface area (Å²) in [5.41, 5.74) is 3.07. The number of ether oxygens (including phenoxy) is 1. The van der Waals surface area contributed by atoms with Gasteiger partial charge in [0.2, 0.25) is 5.79 Å². The van der Waals surface area contributed by atoms with E-state index in [1.165, 1.54) is 11.1 Å². The smallest absolute Gasteiger partial charge is 0.202 e. The van der Waals surface area contributed by atoms with Crippen molar-refractivity contribution < 1.29 is 14.5 Å². The van der Waals surface area contributed by atoms with Crippen molar-refractivity contribution in [3.8, 4) is 0 Å². The zero-order valence-electron chi connectivity index (χ0n) is 12.0. The summed E-state index contributed by atoms with van der Waals surface area (Å²) < 4.78 is 6.35. The minimum Gasteiger partial charge on any atom is -0.336 e. The summed E-state index contributed by atoms with van der Waals surface area (Å²) in [6.45, 7) is 4.19. The normalized spacial score (nSPS) is 34.5. The lowest BCUT2D eigenvalue weighted by molar-refractivity contribution is -0.524. The van der Waals surface area contributed by atoms with Gasteiger partial charge >= 0.3 is 0 Å². The van der Waals surface area contributed by atoms with Gasteiger partial charge in [-0.2, -0.15) is 0 Å². The van der Waals surface area contributed by atoms with Gasteiger partial charge in [0.05, 0.1) is 0 Å². The quantitative estimate of drug-likeness (QED) is 0.670. The summed E-state index contributed by atoms with van der Waals surface area (Å²) >= 11 is 0. The number of fused-ring (bicyclic) bond motifs is 3. The van der Waals surface area contributed by atoms with E-state index in [9.17, 15) is 0 Å². The second-order valence-corrected chi connectivity index (χ2v) is 6.33. The van der Waals surface area contributed by atoms with Crippen molar-refractivity contribution in [1.82, 2.24) is 0 Å². The van der Waals surface area contributed by atoms with Crippen molar-refractivity contribution >= 4 is 5.57 Å². The highest BCUT2D eigenvalue weighted by Crippen LogP contribution is 2.49. The molecular weight excluding hydrogens is 252 g/mol. The molecule has 2 aliphatic carbocycles. The zero-order chi connectivity index (χ0) is 13.8. The van der Waals surface area contributed by atoms with E-state index < -0.39 is 11.4 Å². The molecule has 4 rings (SSSR count). The van der Waals surface area contributed by atoms with Crippen LogP contribution < -0.4 is 0 Å². The maximum Gasteiger partial charge on any atom is 0.202 e. The second kappa shape index (κ2) is 4.17. The Morgan fingerprint density at radius 1 is 1.10 bits per heavy atom. The zero-order valence-corrected chi connectivity index (χ0v) is 12.0. The monoisotopic (exact) mass is 272 g/mol. The summed E-state index contributed by atoms with van der Waals surface area (Å²) in [4.78, 5) is 11.7. The largest absolute Gasteiger partial charge is 0.336 e. The number of benzene rings is 1. The van der Waals surface area contributed by atoms with Crippen LogP contribution in [0.25, 0.3) is 5.57 Å². The van der Waals surface area contributed by atoms with Crippen molar-refractivity contribution in [2.75, 3.05) is 0 Å². The lowest BCUT2D eigenvalue weighted by Gasteiger charge is -2.48. The highest BCUT2D eigenvalue weighted by molar-refractivity contribution is 5.71. The van der Waals surface area contributed by atoms with E-state index in [1.54, 1.807) is 0 Å². The first kappa shape index (κ1) is 12.6. The molecule has 1 saturated heterocycles. The maximum absolute atomic E-state index is 6.35. The average molecular weight is 272 g/mol. The van der Waals surface area contributed by atoms with Gasteiger partial charge in [0.1, 0.15) is 6.10 Å². The van der Waals surface area contributed by atoms with E-state index in [0.717, 1.165) is 31.2 Å². The van der Waals surface area contributed by atoms with Gasteiger partial charge in [-0.1, -0.05) is 24.3 Å². The van der Waals surface area contributed by atoms with Gasteiger partial charge in [-0.3, -0.25) is 0 Å². The van der Waals surface area contributed by atoms with E-state index in [-0.39, 0.29) is 6.10 Å². The molecule has 1 heterocycles. The fraction of sp³-hybridized carbons (Fsp3) is 0.529. The van der Waals surface area contributed by atoms with E-state index in [0.29, 0.717) is 0 Å². The van der Waals surface area contributed by atoms with Gasteiger partial charge in [0.15, 0.2) is 5.60 Å². The molecule has 0 amide bonds. The third-order valence-electron chi connectivity index (χ3n) is 4.90. The maximum atomic E-state index is 6.35. The van der Waals surface area contributed by atoms with Crippen LogP contribution in [0.2, 0.25) is 0 Å². The Hall–Kier alpha value is -1.16. The molecule has 0 N–H and O–H groups in total. The minimum absolute atomic E-state index is 0.0794. The predicted octanol–water partition coefficient (Wildman–Crippen LogP) is 3.94. The van der Waals surface area contributed by atoms with E-state index in [4.69, 9.17) is 14.5 Å². The number of rotatable bonds is 0. The molecule has 3 nitrogen and oxygen atoms in total. The number of hydrogen-bond donors (Lipinski definition) is 0. The van der Waals surface area contributed by atoms with Crippen LogP contribution in [0.15, 0.2) is 30.3 Å². The Balaban J connectivity index is 1.77. The van der Waals surface area contributed by atoms with Gasteiger partial charge in [-0.05, 0) is 49.5 Å². The van der Waals surface area contributed by atoms with Crippen molar-refractivity contribution in [3.05, 3.63) is 41.5 Å². The average Bonchev–Trinajstić information content (AvgIpc) is 2.91. The summed E-state index contributed by atoms with van der Waals surface area (Å²) in [5.74, 6) is -0.521. The molecule has 1 aromatic carbocycles. The van der Waals surface area contributed by atoms with E-state index >= 15 is 0 Å². The molecule has 106 valence electrons. The lowest BCUT2D eigenvalue weighted by atomic mass is 9.79. The molecule has 20 heavy (non-hydrogen) atoms. The third kappa shape index (κ3) is 1.63. The minimum atomic E-state index is -0.552. The number of hydrogen-bond acceptors (Lipinski definition) is 3. The molecule has 0 radical (unpaired) electrons. The molecule has 2 fully saturated rings. The molecule has 0 aromatic heterocycles. The van der Waals surface area contributed by atoms with E-state index in [1.807, 2.05) is 6.07 Å². The molecule has 3 heteroatoms. The molecule has 1 spiro atoms. The van der Waals surface area contributed by atoms with Gasteiger partial charge in [0, 0.05) is 12.8 Å².